The largest absolute Gasteiger partial charge is 0.478 e. The fraction of sp³-hybridized carbons (Fsp3) is 0.0833. The summed E-state index contributed by atoms with van der Waals surface area (Å²) in [5, 5.41) is 18.3. The Balaban J connectivity index is 2.49. The Morgan fingerprint density at radius 3 is 2.50 bits per heavy atom. The van der Waals surface area contributed by atoms with Gasteiger partial charge in [-0.05, 0) is 19.1 Å². The number of carboxylic acid groups (broad SMARTS) is 2. The van der Waals surface area contributed by atoms with Gasteiger partial charge in [0.05, 0.1) is 11.3 Å². The number of rotatable bonds is 3. The Morgan fingerprint density at radius 1 is 1.22 bits per heavy atom. The van der Waals surface area contributed by atoms with Gasteiger partial charge in [0.25, 0.3) is 0 Å². The van der Waals surface area contributed by atoms with Crippen LogP contribution in [0.15, 0.2) is 24.3 Å². The van der Waals surface area contributed by atoms with Crippen molar-refractivity contribution < 1.29 is 19.8 Å². The van der Waals surface area contributed by atoms with Gasteiger partial charge >= 0.3 is 11.9 Å². The van der Waals surface area contributed by atoms with Crippen molar-refractivity contribution in [2.75, 3.05) is 0 Å². The maximum atomic E-state index is 10.9. The van der Waals surface area contributed by atoms with Gasteiger partial charge in [0.2, 0.25) is 0 Å². The first-order chi connectivity index (χ1) is 8.49. The standard InChI is InChI=1S/C12H9NO4S/c1-6-9(12(16)17)18-10(13-6)7-3-2-4-8(5-7)11(14)15/h2-5H,1H3,(H,14,15)(H,16,17). The lowest BCUT2D eigenvalue weighted by atomic mass is 10.1. The second-order valence-electron chi connectivity index (χ2n) is 3.62. The molecule has 0 spiro atoms. The molecule has 5 nitrogen and oxygen atoms in total. The number of hydrogen-bond acceptors (Lipinski definition) is 4. The van der Waals surface area contributed by atoms with Crippen LogP contribution in [0.5, 0.6) is 0 Å². The fourth-order valence-electron chi connectivity index (χ4n) is 1.50. The number of aromatic carboxylic acids is 2. The maximum Gasteiger partial charge on any atom is 0.347 e. The summed E-state index contributed by atoms with van der Waals surface area (Å²) < 4.78 is 0. The van der Waals surface area contributed by atoms with E-state index in [1.165, 1.54) is 12.1 Å². The molecule has 0 aliphatic carbocycles. The fourth-order valence-corrected chi connectivity index (χ4v) is 2.40. The molecule has 92 valence electrons. The number of aromatic nitrogens is 1. The highest BCUT2D eigenvalue weighted by molar-refractivity contribution is 7.17. The molecule has 0 radical (unpaired) electrons. The summed E-state index contributed by atoms with van der Waals surface area (Å²) in [6.45, 7) is 1.62. The van der Waals surface area contributed by atoms with Gasteiger partial charge in [-0.3, -0.25) is 0 Å². The predicted molar refractivity (Wildman–Crippen MR) is 66.2 cm³/mol. The van der Waals surface area contributed by atoms with Crippen LogP contribution in [0.1, 0.15) is 25.7 Å². The number of aryl methyl sites for hydroxylation is 1. The van der Waals surface area contributed by atoms with E-state index in [-0.39, 0.29) is 10.4 Å². The molecule has 18 heavy (non-hydrogen) atoms. The van der Waals surface area contributed by atoms with Crippen molar-refractivity contribution in [1.29, 1.82) is 0 Å². The molecule has 2 rings (SSSR count). The van der Waals surface area contributed by atoms with Gasteiger partial charge < -0.3 is 10.2 Å². The number of benzene rings is 1. The van der Waals surface area contributed by atoms with E-state index in [9.17, 15) is 9.59 Å². The molecule has 2 aromatic rings. The molecule has 0 fully saturated rings. The minimum atomic E-state index is -1.02. The highest BCUT2D eigenvalue weighted by atomic mass is 32.1. The zero-order valence-corrected chi connectivity index (χ0v) is 10.2. The molecule has 6 heteroatoms. The van der Waals surface area contributed by atoms with Gasteiger partial charge in [-0.2, -0.15) is 0 Å². The molecule has 0 saturated carbocycles. The summed E-state index contributed by atoms with van der Waals surface area (Å²) in [5.74, 6) is -2.05. The molecule has 1 aromatic heterocycles. The average Bonchev–Trinajstić information content (AvgIpc) is 2.71. The molecular formula is C12H9NO4S. The lowest BCUT2D eigenvalue weighted by Crippen LogP contribution is -1.95. The number of carboxylic acids is 2. The van der Waals surface area contributed by atoms with Crippen LogP contribution in [-0.4, -0.2) is 27.1 Å². The average molecular weight is 263 g/mol. The smallest absolute Gasteiger partial charge is 0.347 e. The molecule has 0 saturated heterocycles. The first-order valence-electron chi connectivity index (χ1n) is 5.03. The maximum absolute atomic E-state index is 10.9. The molecular weight excluding hydrogens is 254 g/mol. The van der Waals surface area contributed by atoms with Gasteiger partial charge in [-0.25, -0.2) is 14.6 Å². The lowest BCUT2D eigenvalue weighted by molar-refractivity contribution is 0.0688. The highest BCUT2D eigenvalue weighted by Gasteiger charge is 2.15. The normalized spacial score (nSPS) is 10.3. The van der Waals surface area contributed by atoms with Gasteiger partial charge in [0, 0.05) is 5.56 Å². The Morgan fingerprint density at radius 2 is 1.94 bits per heavy atom. The van der Waals surface area contributed by atoms with E-state index >= 15 is 0 Å². The molecule has 2 N–H and O–H groups in total. The first-order valence-corrected chi connectivity index (χ1v) is 5.85. The lowest BCUT2D eigenvalue weighted by Gasteiger charge is -1.98. The molecule has 0 aliphatic heterocycles. The van der Waals surface area contributed by atoms with Crippen molar-refractivity contribution in [3.8, 4) is 10.6 Å². The molecule has 0 bridgehead atoms. The van der Waals surface area contributed by atoms with Crippen LogP contribution in [-0.2, 0) is 0 Å². The third-order valence-corrected chi connectivity index (χ3v) is 3.54. The van der Waals surface area contributed by atoms with Gasteiger partial charge in [0.1, 0.15) is 9.88 Å². The minimum absolute atomic E-state index is 0.150. The van der Waals surface area contributed by atoms with E-state index in [1.807, 2.05) is 0 Å². The zero-order valence-electron chi connectivity index (χ0n) is 9.38. The summed E-state index contributed by atoms with van der Waals surface area (Å²) in [5.41, 5.74) is 1.19. The topological polar surface area (TPSA) is 87.5 Å². The highest BCUT2D eigenvalue weighted by Crippen LogP contribution is 2.28. The third kappa shape index (κ3) is 2.23. The Labute approximate surface area is 106 Å². The van der Waals surface area contributed by atoms with Crippen LogP contribution in [0.25, 0.3) is 10.6 Å². The summed E-state index contributed by atoms with van der Waals surface area (Å²) >= 11 is 1.04. The Kier molecular flexibility index (Phi) is 3.12. The van der Waals surface area contributed by atoms with Crippen molar-refractivity contribution in [3.63, 3.8) is 0 Å². The Hall–Kier alpha value is -2.21. The van der Waals surface area contributed by atoms with Crippen molar-refractivity contribution in [1.82, 2.24) is 4.98 Å². The summed E-state index contributed by atoms with van der Waals surface area (Å²) in [4.78, 5) is 26.1. The van der Waals surface area contributed by atoms with Crippen molar-refractivity contribution >= 4 is 23.3 Å². The van der Waals surface area contributed by atoms with E-state index in [2.05, 4.69) is 4.98 Å². The second kappa shape index (κ2) is 4.58. The number of hydrogen-bond donors (Lipinski definition) is 2. The van der Waals surface area contributed by atoms with Crippen LogP contribution in [0.2, 0.25) is 0 Å². The molecule has 0 aliphatic rings. The van der Waals surface area contributed by atoms with Crippen LogP contribution in [0, 0.1) is 6.92 Å². The monoisotopic (exact) mass is 263 g/mol. The van der Waals surface area contributed by atoms with E-state index in [1.54, 1.807) is 19.1 Å². The van der Waals surface area contributed by atoms with Crippen molar-refractivity contribution in [2.45, 2.75) is 6.92 Å². The second-order valence-corrected chi connectivity index (χ2v) is 4.62. The summed E-state index contributed by atoms with van der Waals surface area (Å²) in [6, 6.07) is 6.27. The quantitative estimate of drug-likeness (QED) is 0.888. The van der Waals surface area contributed by atoms with Crippen LogP contribution in [0.4, 0.5) is 0 Å². The minimum Gasteiger partial charge on any atom is -0.478 e. The Bertz CT molecular complexity index is 633. The van der Waals surface area contributed by atoms with Crippen LogP contribution in [0.3, 0.4) is 0 Å². The van der Waals surface area contributed by atoms with Gasteiger partial charge in [0.15, 0.2) is 0 Å². The zero-order chi connectivity index (χ0) is 13.3. The summed E-state index contributed by atoms with van der Waals surface area (Å²) in [7, 11) is 0. The van der Waals surface area contributed by atoms with Gasteiger partial charge in [-0.15, -0.1) is 11.3 Å². The van der Waals surface area contributed by atoms with E-state index in [4.69, 9.17) is 10.2 Å². The third-order valence-electron chi connectivity index (χ3n) is 2.35. The van der Waals surface area contributed by atoms with Crippen LogP contribution < -0.4 is 0 Å². The molecule has 0 atom stereocenters. The van der Waals surface area contributed by atoms with Crippen LogP contribution >= 0.6 is 11.3 Å². The van der Waals surface area contributed by atoms with E-state index in [0.29, 0.717) is 16.3 Å². The number of carbonyl (C=O) groups is 2. The van der Waals surface area contributed by atoms with E-state index in [0.717, 1.165) is 11.3 Å². The van der Waals surface area contributed by atoms with Crippen molar-refractivity contribution in [2.24, 2.45) is 0 Å². The first kappa shape index (κ1) is 12.3. The van der Waals surface area contributed by atoms with Crippen molar-refractivity contribution in [3.05, 3.63) is 40.4 Å². The number of thiazole rings is 1. The van der Waals surface area contributed by atoms with E-state index < -0.39 is 11.9 Å². The predicted octanol–water partition coefficient (Wildman–Crippen LogP) is 2.51. The molecule has 0 unspecified atom stereocenters. The van der Waals surface area contributed by atoms with Gasteiger partial charge in [-0.1, -0.05) is 12.1 Å². The molecule has 1 heterocycles. The molecule has 0 amide bonds. The molecule has 1 aromatic carbocycles. The summed E-state index contributed by atoms with van der Waals surface area (Å²) in [6.07, 6.45) is 0. The number of nitrogens with zero attached hydrogens (tertiary/aromatic N) is 1. The SMILES string of the molecule is Cc1nc(-c2cccc(C(=O)O)c2)sc1C(=O)O.